The van der Waals surface area contributed by atoms with Crippen LogP contribution in [0.5, 0.6) is 0 Å². The molecule has 0 bridgehead atoms. The van der Waals surface area contributed by atoms with Gasteiger partial charge >= 0.3 is 0 Å². The number of Topliss-reactive ketones (excluding diaryl/α,β-unsaturated/α-hetero) is 2. The highest BCUT2D eigenvalue weighted by atomic mass is 16.1. The second kappa shape index (κ2) is 12.3. The van der Waals surface area contributed by atoms with Gasteiger partial charge in [-0.2, -0.15) is 0 Å². The molecule has 2 aliphatic rings. The fraction of sp³-hybridized carbons (Fsp3) is 0.200. The Bertz CT molecular complexity index is 1500. The van der Waals surface area contributed by atoms with Crippen LogP contribution in [-0.2, 0) is 9.59 Å². The molecule has 0 saturated carbocycles. The van der Waals surface area contributed by atoms with Crippen molar-refractivity contribution < 1.29 is 9.59 Å². The highest BCUT2D eigenvalue weighted by Crippen LogP contribution is 2.38. The Balaban J connectivity index is 1.31. The van der Waals surface area contributed by atoms with Gasteiger partial charge in [-0.25, -0.2) is 10.0 Å². The van der Waals surface area contributed by atoms with Crippen molar-refractivity contribution in [2.75, 3.05) is 23.1 Å². The second-order valence-electron chi connectivity index (χ2n) is 10.6. The van der Waals surface area contributed by atoms with E-state index in [9.17, 15) is 9.59 Å². The molecule has 2 heterocycles. The highest BCUT2D eigenvalue weighted by Gasteiger charge is 2.40. The molecule has 6 rings (SSSR count). The summed E-state index contributed by atoms with van der Waals surface area (Å²) in [6.45, 7) is 4.23. The first-order valence-corrected chi connectivity index (χ1v) is 14.5. The topological polar surface area (TPSA) is 71.8 Å². The summed E-state index contributed by atoms with van der Waals surface area (Å²) < 4.78 is 0. The third-order valence-corrected chi connectivity index (χ3v) is 7.67. The molecule has 0 fully saturated rings. The minimum absolute atomic E-state index is 0.0936. The van der Waals surface area contributed by atoms with E-state index in [1.807, 2.05) is 107 Å². The maximum Gasteiger partial charge on any atom is 0.196 e. The Morgan fingerprint density at radius 2 is 0.860 bits per heavy atom. The lowest BCUT2D eigenvalue weighted by atomic mass is 10.1. The maximum atomic E-state index is 12.9. The van der Waals surface area contributed by atoms with E-state index in [1.54, 1.807) is 13.8 Å². The first-order valence-electron chi connectivity index (χ1n) is 14.5. The van der Waals surface area contributed by atoms with Crippen LogP contribution in [0.2, 0.25) is 0 Å². The van der Waals surface area contributed by atoms with Gasteiger partial charge < -0.3 is 9.80 Å². The number of hydrogen-bond donors (Lipinski definition) is 0. The van der Waals surface area contributed by atoms with Crippen LogP contribution in [0, 0.1) is 0 Å². The lowest BCUT2D eigenvalue weighted by molar-refractivity contribution is -0.112. The summed E-state index contributed by atoms with van der Waals surface area (Å²) in [5, 5.41) is 13.5. The molecular weight excluding hydrogens is 536 g/mol. The fourth-order valence-corrected chi connectivity index (χ4v) is 5.79. The molecular formula is C35H34N6O2. The van der Waals surface area contributed by atoms with Crippen molar-refractivity contribution in [1.82, 2.24) is 9.80 Å². The van der Waals surface area contributed by atoms with Gasteiger partial charge in [-0.3, -0.25) is 9.59 Å². The van der Waals surface area contributed by atoms with Gasteiger partial charge in [0.25, 0.3) is 0 Å². The molecule has 0 saturated heterocycles. The molecule has 2 atom stereocenters. The number of rotatable bonds is 10. The zero-order chi connectivity index (χ0) is 29.8. The van der Waals surface area contributed by atoms with Gasteiger partial charge in [-0.1, -0.05) is 97.1 Å². The van der Waals surface area contributed by atoms with Crippen LogP contribution in [0.3, 0.4) is 0 Å². The summed E-state index contributed by atoms with van der Waals surface area (Å²) >= 11 is 0. The minimum Gasteiger partial charge on any atom is -0.326 e. The number of amidine groups is 2. The quantitative estimate of drug-likeness (QED) is 0.225. The number of carbonyl (C=O) groups is 2. The Labute approximate surface area is 252 Å². The predicted octanol–water partition coefficient (Wildman–Crippen LogP) is 6.22. The third kappa shape index (κ3) is 5.64. The van der Waals surface area contributed by atoms with Crippen molar-refractivity contribution in [2.24, 2.45) is 10.2 Å². The molecule has 43 heavy (non-hydrogen) atoms. The number of benzene rings is 4. The van der Waals surface area contributed by atoms with E-state index < -0.39 is 0 Å². The van der Waals surface area contributed by atoms with Crippen LogP contribution < -0.4 is 10.0 Å². The lowest BCUT2D eigenvalue weighted by Gasteiger charge is -2.34. The minimum atomic E-state index is -0.284. The molecule has 0 aromatic heterocycles. The molecule has 4 aromatic carbocycles. The number of carbonyl (C=O) groups excluding carboxylic acids is 2. The van der Waals surface area contributed by atoms with Crippen molar-refractivity contribution in [3.8, 4) is 0 Å². The van der Waals surface area contributed by atoms with Crippen LogP contribution in [0.25, 0.3) is 0 Å². The lowest BCUT2D eigenvalue weighted by Crippen LogP contribution is -2.42. The van der Waals surface area contributed by atoms with Crippen LogP contribution >= 0.6 is 0 Å². The number of nitrogens with zero attached hydrogens (tertiary/aromatic N) is 6. The summed E-state index contributed by atoms with van der Waals surface area (Å²) in [4.78, 5) is 30.0. The van der Waals surface area contributed by atoms with Gasteiger partial charge in [0.05, 0.1) is 11.4 Å². The van der Waals surface area contributed by atoms with E-state index in [0.29, 0.717) is 31.2 Å². The molecule has 0 unspecified atom stereocenters. The van der Waals surface area contributed by atoms with E-state index in [4.69, 9.17) is 10.2 Å². The predicted molar refractivity (Wildman–Crippen MR) is 170 cm³/mol. The summed E-state index contributed by atoms with van der Waals surface area (Å²) in [7, 11) is 0. The second-order valence-corrected chi connectivity index (χ2v) is 10.6. The normalized spacial score (nSPS) is 18.1. The molecule has 2 aliphatic heterocycles. The van der Waals surface area contributed by atoms with Crippen molar-refractivity contribution in [3.63, 3.8) is 0 Å². The molecule has 8 nitrogen and oxygen atoms in total. The number of anilines is 2. The number of hydrazone groups is 2. The van der Waals surface area contributed by atoms with Gasteiger partial charge in [-0.15, -0.1) is 10.2 Å². The number of para-hydroxylation sites is 2. The summed E-state index contributed by atoms with van der Waals surface area (Å²) in [6, 6.07) is 40.1. The van der Waals surface area contributed by atoms with Gasteiger partial charge in [0, 0.05) is 26.9 Å². The highest BCUT2D eigenvalue weighted by molar-refractivity contribution is 6.39. The monoisotopic (exact) mass is 570 g/mol. The molecule has 4 aromatic rings. The zero-order valence-electron chi connectivity index (χ0n) is 24.3. The van der Waals surface area contributed by atoms with Crippen LogP contribution in [-0.4, -0.2) is 46.1 Å². The van der Waals surface area contributed by atoms with Gasteiger partial charge in [0.2, 0.25) is 0 Å². The third-order valence-electron chi connectivity index (χ3n) is 7.67. The van der Waals surface area contributed by atoms with Gasteiger partial charge in [0.15, 0.2) is 35.6 Å². The average molecular weight is 571 g/mol. The number of hydrogen-bond acceptors (Lipinski definition) is 8. The molecule has 8 heteroatoms. The van der Waals surface area contributed by atoms with E-state index in [-0.39, 0.29) is 23.9 Å². The summed E-state index contributed by atoms with van der Waals surface area (Å²) in [5.74, 6) is 0.656. The largest absolute Gasteiger partial charge is 0.326 e. The average Bonchev–Trinajstić information content (AvgIpc) is 3.63. The van der Waals surface area contributed by atoms with Crippen molar-refractivity contribution in [1.29, 1.82) is 0 Å². The Morgan fingerprint density at radius 1 is 0.535 bits per heavy atom. The van der Waals surface area contributed by atoms with E-state index in [0.717, 1.165) is 22.5 Å². The Morgan fingerprint density at radius 3 is 1.19 bits per heavy atom. The smallest absolute Gasteiger partial charge is 0.196 e. The SMILES string of the molecule is CC(=O)C1=NN(c2ccccc2)[C@H](c2ccccc2)N1CCCN1C(C(C)=O)=NN(c2ccccc2)[C@@H]1c1ccccc1. The van der Waals surface area contributed by atoms with E-state index in [2.05, 4.69) is 34.1 Å². The molecule has 216 valence electrons. The van der Waals surface area contributed by atoms with Gasteiger partial charge in [0.1, 0.15) is 0 Å². The van der Waals surface area contributed by atoms with Crippen LogP contribution in [0.15, 0.2) is 132 Å². The van der Waals surface area contributed by atoms with Crippen LogP contribution in [0.1, 0.15) is 43.7 Å². The van der Waals surface area contributed by atoms with Gasteiger partial charge in [-0.05, 0) is 41.8 Å². The van der Waals surface area contributed by atoms with Crippen molar-refractivity contribution >= 4 is 34.6 Å². The standard InChI is InChI=1S/C35H34N6O2/c1-26(42)32-36-40(30-20-11-5-12-21-30)34(28-16-7-3-8-17-28)38(32)24-15-25-39-33(27(2)43)37-41(31-22-13-6-14-23-31)35(39)29-18-9-4-10-19-29/h3-14,16-23,34-35H,15,24-25H2,1-2H3/t34-,35-/m1/s1. The first-order chi connectivity index (χ1) is 21.0. The van der Waals surface area contributed by atoms with Crippen molar-refractivity contribution in [2.45, 2.75) is 32.6 Å². The van der Waals surface area contributed by atoms with Crippen LogP contribution in [0.4, 0.5) is 11.4 Å². The summed E-state index contributed by atoms with van der Waals surface area (Å²) in [6.07, 6.45) is 0.0943. The van der Waals surface area contributed by atoms with E-state index >= 15 is 0 Å². The molecule has 0 spiro atoms. The zero-order valence-corrected chi connectivity index (χ0v) is 24.3. The van der Waals surface area contributed by atoms with Crippen molar-refractivity contribution in [3.05, 3.63) is 132 Å². The molecule has 0 aliphatic carbocycles. The van der Waals surface area contributed by atoms with E-state index in [1.165, 1.54) is 0 Å². The number of ketones is 2. The Hall–Kier alpha value is -5.24. The maximum absolute atomic E-state index is 12.9. The fourth-order valence-electron chi connectivity index (χ4n) is 5.79. The summed E-state index contributed by atoms with van der Waals surface area (Å²) in [5.41, 5.74) is 3.89. The first kappa shape index (κ1) is 27.9. The Kier molecular flexibility index (Phi) is 8.00. The molecule has 0 radical (unpaired) electrons. The molecule has 0 N–H and O–H groups in total. The molecule has 0 amide bonds.